The van der Waals surface area contributed by atoms with Crippen molar-refractivity contribution in [2.24, 2.45) is 0 Å². The van der Waals surface area contributed by atoms with Gasteiger partial charge in [-0.2, -0.15) is 0 Å². The van der Waals surface area contributed by atoms with Crippen molar-refractivity contribution in [3.63, 3.8) is 0 Å². The average molecular weight is 392 g/mol. The molecule has 2 aromatic heterocycles. The molecule has 0 atom stereocenters. The number of hydrogen-bond donors (Lipinski definition) is 3. The van der Waals surface area contributed by atoms with E-state index in [1.807, 2.05) is 25.1 Å². The molecule has 0 fully saturated rings. The zero-order chi connectivity index (χ0) is 20.2. The molecule has 29 heavy (non-hydrogen) atoms. The molecule has 3 N–H and O–H groups in total. The van der Waals surface area contributed by atoms with Gasteiger partial charge < -0.3 is 20.4 Å². The molecule has 0 saturated heterocycles. The normalized spacial score (nSPS) is 12.2. The number of fused-ring (bicyclic) bond motifs is 1. The SMILES string of the molecule is Cc1ncc(CNC(=O)c2cc(C(=O)NCc3ccc4c(c3)CCO4)ncn2)[nH]1. The van der Waals surface area contributed by atoms with Crippen molar-refractivity contribution in [2.75, 3.05) is 6.61 Å². The van der Waals surface area contributed by atoms with E-state index >= 15 is 0 Å². The summed E-state index contributed by atoms with van der Waals surface area (Å²) in [5, 5.41) is 5.55. The van der Waals surface area contributed by atoms with E-state index in [0.717, 1.165) is 34.8 Å². The first-order chi connectivity index (χ1) is 14.1. The molecular weight excluding hydrogens is 372 g/mol. The van der Waals surface area contributed by atoms with Crippen LogP contribution < -0.4 is 15.4 Å². The molecular formula is C20H20N6O3. The number of nitrogens with zero attached hydrogens (tertiary/aromatic N) is 3. The van der Waals surface area contributed by atoms with E-state index in [4.69, 9.17) is 4.74 Å². The first-order valence-corrected chi connectivity index (χ1v) is 9.22. The Hall–Kier alpha value is -3.75. The number of aryl methyl sites for hydroxylation is 1. The van der Waals surface area contributed by atoms with Gasteiger partial charge in [0.05, 0.1) is 25.0 Å². The maximum Gasteiger partial charge on any atom is 0.270 e. The van der Waals surface area contributed by atoms with Crippen LogP contribution in [0.25, 0.3) is 0 Å². The van der Waals surface area contributed by atoms with Gasteiger partial charge in [-0.25, -0.2) is 15.0 Å². The summed E-state index contributed by atoms with van der Waals surface area (Å²) in [6, 6.07) is 7.23. The third kappa shape index (κ3) is 4.40. The molecule has 1 aliphatic heterocycles. The largest absolute Gasteiger partial charge is 0.493 e. The lowest BCUT2D eigenvalue weighted by Gasteiger charge is -2.08. The Morgan fingerprint density at radius 1 is 1.07 bits per heavy atom. The van der Waals surface area contributed by atoms with Crippen LogP contribution >= 0.6 is 0 Å². The average Bonchev–Trinajstić information content (AvgIpc) is 3.38. The molecule has 1 aliphatic rings. The summed E-state index contributed by atoms with van der Waals surface area (Å²) >= 11 is 0. The predicted molar refractivity (Wildman–Crippen MR) is 103 cm³/mol. The van der Waals surface area contributed by atoms with Crippen molar-refractivity contribution >= 4 is 11.8 Å². The Bertz CT molecular complexity index is 1060. The fourth-order valence-corrected chi connectivity index (χ4v) is 3.06. The Morgan fingerprint density at radius 3 is 2.55 bits per heavy atom. The monoisotopic (exact) mass is 392 g/mol. The van der Waals surface area contributed by atoms with Crippen molar-refractivity contribution in [2.45, 2.75) is 26.4 Å². The van der Waals surface area contributed by atoms with Gasteiger partial charge in [0, 0.05) is 19.0 Å². The lowest BCUT2D eigenvalue weighted by Crippen LogP contribution is -2.27. The molecule has 0 bridgehead atoms. The fraction of sp³-hybridized carbons (Fsp3) is 0.250. The zero-order valence-electron chi connectivity index (χ0n) is 15.9. The molecule has 0 aliphatic carbocycles. The molecule has 0 radical (unpaired) electrons. The number of carbonyl (C=O) groups is 2. The van der Waals surface area contributed by atoms with Gasteiger partial charge in [0.25, 0.3) is 11.8 Å². The number of rotatable bonds is 6. The molecule has 0 unspecified atom stereocenters. The highest BCUT2D eigenvalue weighted by atomic mass is 16.5. The van der Waals surface area contributed by atoms with E-state index in [1.54, 1.807) is 6.20 Å². The van der Waals surface area contributed by atoms with Crippen LogP contribution in [0.5, 0.6) is 5.75 Å². The van der Waals surface area contributed by atoms with Crippen LogP contribution in [-0.2, 0) is 19.5 Å². The summed E-state index contributed by atoms with van der Waals surface area (Å²) in [5.41, 5.74) is 3.15. The molecule has 3 heterocycles. The minimum absolute atomic E-state index is 0.121. The van der Waals surface area contributed by atoms with Gasteiger partial charge in [-0.3, -0.25) is 9.59 Å². The van der Waals surface area contributed by atoms with Crippen LogP contribution in [0, 0.1) is 6.92 Å². The van der Waals surface area contributed by atoms with E-state index < -0.39 is 5.91 Å². The Balaban J connectivity index is 1.35. The molecule has 0 spiro atoms. The number of ether oxygens (including phenoxy) is 1. The minimum atomic E-state index is -0.396. The fourth-order valence-electron chi connectivity index (χ4n) is 3.06. The van der Waals surface area contributed by atoms with Gasteiger partial charge in [0.2, 0.25) is 0 Å². The highest BCUT2D eigenvalue weighted by Crippen LogP contribution is 2.25. The van der Waals surface area contributed by atoms with Crippen molar-refractivity contribution in [3.05, 3.63) is 70.8 Å². The summed E-state index contributed by atoms with van der Waals surface area (Å²) in [6.07, 6.45) is 3.73. The molecule has 4 rings (SSSR count). The standard InChI is InChI=1S/C20H20N6O3/c1-12-21-9-15(26-12)10-23-20(28)17-7-16(24-11-25-17)19(27)22-8-13-2-3-18-14(6-13)4-5-29-18/h2-3,6-7,9,11H,4-5,8,10H2,1H3,(H,21,26)(H,22,27)(H,23,28). The van der Waals surface area contributed by atoms with Crippen LogP contribution in [0.4, 0.5) is 0 Å². The van der Waals surface area contributed by atoms with E-state index in [-0.39, 0.29) is 23.8 Å². The number of aromatic amines is 1. The number of carbonyl (C=O) groups excluding carboxylic acids is 2. The summed E-state index contributed by atoms with van der Waals surface area (Å²) in [7, 11) is 0. The molecule has 0 saturated carbocycles. The number of nitrogens with one attached hydrogen (secondary N) is 3. The molecule has 2 amide bonds. The van der Waals surface area contributed by atoms with Gasteiger partial charge in [-0.15, -0.1) is 0 Å². The van der Waals surface area contributed by atoms with Gasteiger partial charge >= 0.3 is 0 Å². The summed E-state index contributed by atoms with van der Waals surface area (Å²) in [4.78, 5) is 39.8. The third-order valence-electron chi connectivity index (χ3n) is 4.53. The van der Waals surface area contributed by atoms with Crippen LogP contribution in [0.2, 0.25) is 0 Å². The topological polar surface area (TPSA) is 122 Å². The smallest absolute Gasteiger partial charge is 0.270 e. The Morgan fingerprint density at radius 2 is 1.83 bits per heavy atom. The van der Waals surface area contributed by atoms with Gasteiger partial charge in [-0.1, -0.05) is 12.1 Å². The second kappa shape index (κ2) is 8.09. The highest BCUT2D eigenvalue weighted by molar-refractivity contribution is 5.97. The first-order valence-electron chi connectivity index (χ1n) is 9.22. The number of benzene rings is 1. The zero-order valence-corrected chi connectivity index (χ0v) is 15.9. The third-order valence-corrected chi connectivity index (χ3v) is 4.53. The second-order valence-corrected chi connectivity index (χ2v) is 6.69. The number of imidazole rings is 1. The number of aromatic nitrogens is 4. The van der Waals surface area contributed by atoms with E-state index in [9.17, 15) is 9.59 Å². The van der Waals surface area contributed by atoms with E-state index in [2.05, 4.69) is 30.6 Å². The molecule has 9 nitrogen and oxygen atoms in total. The Labute approximate surface area is 166 Å². The van der Waals surface area contributed by atoms with E-state index in [0.29, 0.717) is 13.2 Å². The van der Waals surface area contributed by atoms with Gasteiger partial charge in [0.1, 0.15) is 29.3 Å². The van der Waals surface area contributed by atoms with Crippen LogP contribution in [-0.4, -0.2) is 38.4 Å². The predicted octanol–water partition coefficient (Wildman–Crippen LogP) is 1.30. The summed E-state index contributed by atoms with van der Waals surface area (Å²) in [5.74, 6) is 0.901. The quantitative estimate of drug-likeness (QED) is 0.581. The molecule has 9 heteroatoms. The van der Waals surface area contributed by atoms with Crippen molar-refractivity contribution in [1.29, 1.82) is 0 Å². The van der Waals surface area contributed by atoms with Crippen LogP contribution in [0.15, 0.2) is 36.8 Å². The molecule has 148 valence electrons. The number of hydrogen-bond acceptors (Lipinski definition) is 6. The summed E-state index contributed by atoms with van der Waals surface area (Å²) < 4.78 is 5.49. The van der Waals surface area contributed by atoms with Crippen LogP contribution in [0.1, 0.15) is 43.6 Å². The minimum Gasteiger partial charge on any atom is -0.493 e. The second-order valence-electron chi connectivity index (χ2n) is 6.69. The van der Waals surface area contributed by atoms with Crippen molar-refractivity contribution in [1.82, 2.24) is 30.6 Å². The Kier molecular flexibility index (Phi) is 5.19. The first kappa shape index (κ1) is 18.6. The number of H-pyrrole nitrogens is 1. The molecule has 1 aromatic carbocycles. The van der Waals surface area contributed by atoms with Gasteiger partial charge in [0.15, 0.2) is 0 Å². The highest BCUT2D eigenvalue weighted by Gasteiger charge is 2.15. The maximum absolute atomic E-state index is 12.4. The summed E-state index contributed by atoms with van der Waals surface area (Å²) in [6.45, 7) is 3.16. The maximum atomic E-state index is 12.4. The van der Waals surface area contributed by atoms with Crippen LogP contribution in [0.3, 0.4) is 0 Å². The van der Waals surface area contributed by atoms with Crippen molar-refractivity contribution < 1.29 is 14.3 Å². The lowest BCUT2D eigenvalue weighted by atomic mass is 10.1. The van der Waals surface area contributed by atoms with Gasteiger partial charge in [-0.05, 0) is 24.1 Å². The molecule has 3 aromatic rings. The lowest BCUT2D eigenvalue weighted by molar-refractivity contribution is 0.0944. The number of amides is 2. The van der Waals surface area contributed by atoms with E-state index in [1.165, 1.54) is 12.4 Å². The van der Waals surface area contributed by atoms with Crippen molar-refractivity contribution in [3.8, 4) is 5.75 Å².